The number of esters is 1. The molecular formula is C20H26N2O5S. The quantitative estimate of drug-likeness (QED) is 0.758. The van der Waals surface area contributed by atoms with Crippen LogP contribution in [0.4, 0.5) is 5.69 Å². The lowest BCUT2D eigenvalue weighted by Gasteiger charge is -2.34. The van der Waals surface area contributed by atoms with Crippen LogP contribution in [0.1, 0.15) is 51.5 Å². The van der Waals surface area contributed by atoms with Gasteiger partial charge in [-0.15, -0.1) is 0 Å². The second-order valence-electron chi connectivity index (χ2n) is 7.88. The molecule has 7 nitrogen and oxygen atoms in total. The number of rotatable bonds is 5. The highest BCUT2D eigenvalue weighted by Crippen LogP contribution is 2.54. The van der Waals surface area contributed by atoms with E-state index in [1.807, 2.05) is 6.92 Å². The number of aryl methyl sites for hydroxylation is 1. The molecule has 0 saturated carbocycles. The minimum atomic E-state index is -3.74. The lowest BCUT2D eigenvalue weighted by atomic mass is 9.72. The maximum atomic E-state index is 13.5. The molecule has 0 radical (unpaired) electrons. The number of anilines is 1. The Balaban J connectivity index is 1.69. The summed E-state index contributed by atoms with van der Waals surface area (Å²) < 4.78 is 33.9. The van der Waals surface area contributed by atoms with Gasteiger partial charge in [0.1, 0.15) is 0 Å². The third-order valence-corrected chi connectivity index (χ3v) is 8.50. The zero-order valence-corrected chi connectivity index (χ0v) is 17.0. The lowest BCUT2D eigenvalue weighted by molar-refractivity contribution is -0.157. The predicted molar refractivity (Wildman–Crippen MR) is 103 cm³/mol. The molecule has 2 saturated heterocycles. The summed E-state index contributed by atoms with van der Waals surface area (Å²) in [6.45, 7) is 4.00. The standard InChI is InChI=1S/C20H26N2O5S/c1-3-20(19(24)27-4-2)12-14-6-9-17(20)22(14)28(25,26)15-7-8-16-13(11-15)5-10-18(23)21-16/h7-8,11,14,17H,3-6,9-10,12H2,1-2H3,(H,21,23)/t14-,17+,20+/m0/s1. The van der Waals surface area contributed by atoms with E-state index in [4.69, 9.17) is 4.74 Å². The van der Waals surface area contributed by atoms with Gasteiger partial charge in [0.05, 0.1) is 16.9 Å². The van der Waals surface area contributed by atoms with Gasteiger partial charge < -0.3 is 10.1 Å². The molecule has 3 heterocycles. The molecule has 1 N–H and O–H groups in total. The highest BCUT2D eigenvalue weighted by atomic mass is 32.2. The van der Waals surface area contributed by atoms with E-state index in [-0.39, 0.29) is 28.9 Å². The maximum Gasteiger partial charge on any atom is 0.313 e. The molecule has 2 bridgehead atoms. The van der Waals surface area contributed by atoms with Crippen molar-refractivity contribution in [3.8, 4) is 0 Å². The highest BCUT2D eigenvalue weighted by Gasteiger charge is 2.63. The minimum Gasteiger partial charge on any atom is -0.466 e. The van der Waals surface area contributed by atoms with Crippen molar-refractivity contribution in [3.05, 3.63) is 23.8 Å². The number of nitrogens with zero attached hydrogens (tertiary/aromatic N) is 1. The van der Waals surface area contributed by atoms with Crippen molar-refractivity contribution in [2.45, 2.75) is 69.4 Å². The normalized spacial score (nSPS) is 29.4. The molecule has 3 aliphatic heterocycles. The van der Waals surface area contributed by atoms with Crippen molar-refractivity contribution >= 4 is 27.6 Å². The van der Waals surface area contributed by atoms with E-state index >= 15 is 0 Å². The van der Waals surface area contributed by atoms with Gasteiger partial charge in [0.15, 0.2) is 0 Å². The van der Waals surface area contributed by atoms with Crippen molar-refractivity contribution < 1.29 is 22.7 Å². The van der Waals surface area contributed by atoms with Crippen LogP contribution in [0.15, 0.2) is 23.1 Å². The summed E-state index contributed by atoms with van der Waals surface area (Å²) >= 11 is 0. The smallest absolute Gasteiger partial charge is 0.313 e. The topological polar surface area (TPSA) is 92.8 Å². The van der Waals surface area contributed by atoms with Gasteiger partial charge in [-0.05, 0) is 62.8 Å². The Morgan fingerprint density at radius 2 is 2.07 bits per heavy atom. The molecule has 0 unspecified atom stereocenters. The number of ether oxygens (including phenoxy) is 1. The van der Waals surface area contributed by atoms with Crippen LogP contribution in [0.2, 0.25) is 0 Å². The molecule has 4 rings (SSSR count). The fraction of sp³-hybridized carbons (Fsp3) is 0.600. The first kappa shape index (κ1) is 19.4. The average Bonchev–Trinajstić information content (AvgIpc) is 3.25. The van der Waals surface area contributed by atoms with E-state index < -0.39 is 15.4 Å². The molecule has 3 aliphatic rings. The number of hydrogen-bond acceptors (Lipinski definition) is 5. The van der Waals surface area contributed by atoms with Crippen molar-refractivity contribution in [2.75, 3.05) is 11.9 Å². The molecule has 2 fully saturated rings. The number of carbonyl (C=O) groups is 2. The number of hydrogen-bond donors (Lipinski definition) is 1. The lowest BCUT2D eigenvalue weighted by Crippen LogP contribution is -2.45. The van der Waals surface area contributed by atoms with E-state index in [0.29, 0.717) is 44.4 Å². The molecule has 3 atom stereocenters. The molecule has 1 amide bonds. The number of fused-ring (bicyclic) bond motifs is 3. The first-order chi connectivity index (χ1) is 13.3. The van der Waals surface area contributed by atoms with Crippen LogP contribution < -0.4 is 5.32 Å². The molecule has 0 aliphatic carbocycles. The Kier molecular flexibility index (Phi) is 4.74. The van der Waals surface area contributed by atoms with Gasteiger partial charge in [-0.1, -0.05) is 6.92 Å². The first-order valence-corrected chi connectivity index (χ1v) is 11.4. The zero-order valence-electron chi connectivity index (χ0n) is 16.2. The van der Waals surface area contributed by atoms with Gasteiger partial charge in [0.2, 0.25) is 15.9 Å². The molecule has 28 heavy (non-hydrogen) atoms. The van der Waals surface area contributed by atoms with E-state index in [9.17, 15) is 18.0 Å². The Bertz CT molecular complexity index is 929. The van der Waals surface area contributed by atoms with Crippen LogP contribution in [0.3, 0.4) is 0 Å². The van der Waals surface area contributed by atoms with Crippen LogP contribution in [0.25, 0.3) is 0 Å². The van der Waals surface area contributed by atoms with E-state index in [0.717, 1.165) is 12.0 Å². The molecule has 0 spiro atoms. The number of sulfonamides is 1. The van der Waals surface area contributed by atoms with Crippen molar-refractivity contribution in [1.82, 2.24) is 4.31 Å². The van der Waals surface area contributed by atoms with Crippen molar-refractivity contribution in [3.63, 3.8) is 0 Å². The van der Waals surface area contributed by atoms with Crippen molar-refractivity contribution in [1.29, 1.82) is 0 Å². The van der Waals surface area contributed by atoms with Crippen LogP contribution in [-0.4, -0.2) is 43.3 Å². The molecule has 0 aromatic heterocycles. The number of benzene rings is 1. The highest BCUT2D eigenvalue weighted by molar-refractivity contribution is 7.89. The summed E-state index contributed by atoms with van der Waals surface area (Å²) in [5.74, 6) is -0.332. The predicted octanol–water partition coefficient (Wildman–Crippen LogP) is 2.46. The van der Waals surface area contributed by atoms with Gasteiger partial charge in [-0.3, -0.25) is 9.59 Å². The molecule has 1 aromatic rings. The number of nitrogens with one attached hydrogen (secondary N) is 1. The van der Waals surface area contributed by atoms with Gasteiger partial charge in [0, 0.05) is 24.2 Å². The van der Waals surface area contributed by atoms with E-state index in [2.05, 4.69) is 5.32 Å². The van der Waals surface area contributed by atoms with Gasteiger partial charge >= 0.3 is 5.97 Å². The Morgan fingerprint density at radius 1 is 1.29 bits per heavy atom. The summed E-state index contributed by atoms with van der Waals surface area (Å²) in [5, 5.41) is 2.78. The fourth-order valence-electron chi connectivity index (χ4n) is 5.15. The Labute approximate surface area is 165 Å². The largest absolute Gasteiger partial charge is 0.466 e. The summed E-state index contributed by atoms with van der Waals surface area (Å²) in [4.78, 5) is 24.5. The molecule has 8 heteroatoms. The van der Waals surface area contributed by atoms with Gasteiger partial charge in [0.25, 0.3) is 0 Å². The first-order valence-electron chi connectivity index (χ1n) is 9.97. The summed E-state index contributed by atoms with van der Waals surface area (Å²) in [5.41, 5.74) is 0.752. The summed E-state index contributed by atoms with van der Waals surface area (Å²) in [6, 6.07) is 4.35. The minimum absolute atomic E-state index is 0.0529. The number of amides is 1. The maximum absolute atomic E-state index is 13.5. The van der Waals surface area contributed by atoms with Gasteiger partial charge in [-0.25, -0.2) is 8.42 Å². The molecule has 1 aromatic carbocycles. The second-order valence-corrected chi connectivity index (χ2v) is 9.73. The monoisotopic (exact) mass is 406 g/mol. The third-order valence-electron chi connectivity index (χ3n) is 6.54. The second kappa shape index (κ2) is 6.84. The van der Waals surface area contributed by atoms with E-state index in [1.54, 1.807) is 29.4 Å². The van der Waals surface area contributed by atoms with Crippen LogP contribution in [0.5, 0.6) is 0 Å². The summed E-state index contributed by atoms with van der Waals surface area (Å²) in [7, 11) is -3.74. The van der Waals surface area contributed by atoms with Crippen LogP contribution >= 0.6 is 0 Å². The number of carbonyl (C=O) groups excluding carboxylic acids is 2. The van der Waals surface area contributed by atoms with E-state index in [1.165, 1.54) is 0 Å². The van der Waals surface area contributed by atoms with Crippen LogP contribution in [-0.2, 0) is 30.8 Å². The summed E-state index contributed by atoms with van der Waals surface area (Å²) in [6.07, 6.45) is 3.42. The van der Waals surface area contributed by atoms with Crippen molar-refractivity contribution in [2.24, 2.45) is 5.41 Å². The zero-order chi connectivity index (χ0) is 20.1. The fourth-order valence-corrected chi connectivity index (χ4v) is 7.14. The SMILES string of the molecule is CCOC(=O)[C@]1(CC)C[C@@H]2CC[C@H]1N2S(=O)(=O)c1ccc2c(c1)CCC(=O)N2. The van der Waals surface area contributed by atoms with Crippen LogP contribution in [0, 0.1) is 5.41 Å². The van der Waals surface area contributed by atoms with Gasteiger partial charge in [-0.2, -0.15) is 4.31 Å². The third kappa shape index (κ3) is 2.76. The Morgan fingerprint density at radius 3 is 2.79 bits per heavy atom. The molecular weight excluding hydrogens is 380 g/mol. The average molecular weight is 407 g/mol. The Hall–Kier alpha value is -1.93. The molecule has 152 valence electrons.